The highest BCUT2D eigenvalue weighted by Gasteiger charge is 2.47. The van der Waals surface area contributed by atoms with E-state index in [0.29, 0.717) is 40.1 Å². The Morgan fingerprint density at radius 3 is 2.44 bits per heavy atom. The zero-order valence-corrected chi connectivity index (χ0v) is 29.4. The van der Waals surface area contributed by atoms with E-state index in [4.69, 9.17) is 18.9 Å². The van der Waals surface area contributed by atoms with Gasteiger partial charge in [0.15, 0.2) is 17.4 Å². The summed E-state index contributed by atoms with van der Waals surface area (Å²) in [7, 11) is -1.36. The maximum Gasteiger partial charge on any atom is 0.319 e. The van der Waals surface area contributed by atoms with E-state index < -0.39 is 43.3 Å². The molecule has 15 heteroatoms. The molecule has 1 aliphatic rings. The second kappa shape index (κ2) is 15.1. The topological polar surface area (TPSA) is 120 Å². The first-order chi connectivity index (χ1) is 23.7. The third kappa shape index (κ3) is 8.37. The Morgan fingerprint density at radius 2 is 1.84 bits per heavy atom. The van der Waals surface area contributed by atoms with Gasteiger partial charge in [0.25, 0.3) is 0 Å². The molecule has 2 amide bonds. The normalized spacial score (nSPS) is 14.0. The molecular formula is C35H39F4N5O5Si. The van der Waals surface area contributed by atoms with Crippen molar-refractivity contribution in [2.24, 2.45) is 5.41 Å². The van der Waals surface area contributed by atoms with Gasteiger partial charge in [-0.15, -0.1) is 0 Å². The minimum absolute atomic E-state index is 0.0723. The largest absolute Gasteiger partial charge is 0.490 e. The fraction of sp³-hybridized carbons (Fsp3) is 0.400. The molecule has 10 nitrogen and oxygen atoms in total. The molecule has 1 aliphatic heterocycles. The number of anilines is 1. The monoisotopic (exact) mass is 713 g/mol. The molecule has 3 heterocycles. The van der Waals surface area contributed by atoms with Crippen LogP contribution >= 0.6 is 0 Å². The van der Waals surface area contributed by atoms with E-state index in [9.17, 15) is 18.8 Å². The molecule has 2 aromatic heterocycles. The third-order valence-corrected chi connectivity index (χ3v) is 9.73. The van der Waals surface area contributed by atoms with Crippen molar-refractivity contribution in [3.05, 3.63) is 66.0 Å². The lowest BCUT2D eigenvalue weighted by atomic mass is 9.86. The molecule has 0 radical (unpaired) electrons. The van der Waals surface area contributed by atoms with Crippen LogP contribution in [0, 0.1) is 28.4 Å². The van der Waals surface area contributed by atoms with Crippen LogP contribution in [0.1, 0.15) is 19.4 Å². The van der Waals surface area contributed by atoms with Crippen LogP contribution < -0.4 is 20.1 Å². The van der Waals surface area contributed by atoms with Crippen LogP contribution in [0.2, 0.25) is 25.7 Å². The molecule has 1 fully saturated rings. The van der Waals surface area contributed by atoms with Gasteiger partial charge in [0.05, 0.1) is 35.7 Å². The third-order valence-electron chi connectivity index (χ3n) is 8.03. The highest BCUT2D eigenvalue weighted by molar-refractivity contribution is 6.76. The summed E-state index contributed by atoms with van der Waals surface area (Å²) in [6, 6.07) is 10.5. The van der Waals surface area contributed by atoms with E-state index in [1.165, 1.54) is 12.3 Å². The number of pyridine rings is 1. The van der Waals surface area contributed by atoms with Crippen molar-refractivity contribution >= 4 is 30.8 Å². The summed E-state index contributed by atoms with van der Waals surface area (Å²) in [5.41, 5.74) is 0.133. The average Bonchev–Trinajstić information content (AvgIpc) is 3.39. The number of halogens is 4. The number of nitrogens with zero attached hydrogens (tertiary/aromatic N) is 3. The Balaban J connectivity index is 1.45. The van der Waals surface area contributed by atoms with Crippen molar-refractivity contribution in [1.29, 1.82) is 5.26 Å². The van der Waals surface area contributed by atoms with Gasteiger partial charge in [0.1, 0.15) is 29.9 Å². The SMILES string of the molecule is CC(C)Oc1ccc(-c2cn(COCC[Si](C)(C)C)c3nccc(Oc4c(F)cc(NC(=O)NCC5(C(F)F)COC5)cc4F)c23)cc1C#N. The Morgan fingerprint density at radius 1 is 1.12 bits per heavy atom. The van der Waals surface area contributed by atoms with Crippen molar-refractivity contribution in [2.45, 2.75) is 58.8 Å². The summed E-state index contributed by atoms with van der Waals surface area (Å²) in [6.07, 6.45) is 0.350. The number of nitriles is 1. The molecule has 0 atom stereocenters. The molecule has 2 aromatic carbocycles. The van der Waals surface area contributed by atoms with Crippen molar-refractivity contribution in [1.82, 2.24) is 14.9 Å². The molecule has 0 spiro atoms. The van der Waals surface area contributed by atoms with E-state index in [2.05, 4.69) is 41.3 Å². The molecule has 1 saturated heterocycles. The molecule has 2 N–H and O–H groups in total. The number of hydrogen-bond donors (Lipinski definition) is 2. The van der Waals surface area contributed by atoms with Gasteiger partial charge in [-0.3, -0.25) is 0 Å². The van der Waals surface area contributed by atoms with Gasteiger partial charge in [0, 0.05) is 57.0 Å². The number of carbonyl (C=O) groups is 1. The molecule has 0 unspecified atom stereocenters. The number of rotatable bonds is 14. The maximum atomic E-state index is 15.4. The fourth-order valence-corrected chi connectivity index (χ4v) is 5.97. The number of nitrogens with one attached hydrogen (secondary N) is 2. The second-order valence-corrected chi connectivity index (χ2v) is 19.3. The summed E-state index contributed by atoms with van der Waals surface area (Å²) in [5, 5.41) is 14.9. The van der Waals surface area contributed by atoms with Gasteiger partial charge in [-0.05, 0) is 43.7 Å². The predicted molar refractivity (Wildman–Crippen MR) is 182 cm³/mol. The van der Waals surface area contributed by atoms with Crippen LogP contribution in [0.15, 0.2) is 48.8 Å². The predicted octanol–water partition coefficient (Wildman–Crippen LogP) is 8.15. The quantitative estimate of drug-likeness (QED) is 0.0769. The zero-order valence-electron chi connectivity index (χ0n) is 28.4. The van der Waals surface area contributed by atoms with Gasteiger partial charge >= 0.3 is 6.03 Å². The van der Waals surface area contributed by atoms with Crippen LogP contribution in [-0.4, -0.2) is 62.6 Å². The van der Waals surface area contributed by atoms with Crippen LogP contribution in [0.4, 0.5) is 28.0 Å². The van der Waals surface area contributed by atoms with Gasteiger partial charge in [-0.2, -0.15) is 5.26 Å². The molecule has 0 aliphatic carbocycles. The fourth-order valence-electron chi connectivity index (χ4n) is 5.21. The van der Waals surface area contributed by atoms with Crippen molar-refractivity contribution in [3.63, 3.8) is 0 Å². The molecule has 50 heavy (non-hydrogen) atoms. The number of hydrogen-bond acceptors (Lipinski definition) is 7. The Labute approximate surface area is 288 Å². The highest BCUT2D eigenvalue weighted by atomic mass is 28.3. The molecule has 0 saturated carbocycles. The van der Waals surface area contributed by atoms with Crippen LogP contribution in [0.5, 0.6) is 17.2 Å². The lowest BCUT2D eigenvalue weighted by Crippen LogP contribution is -2.55. The van der Waals surface area contributed by atoms with E-state index in [0.717, 1.165) is 18.2 Å². The number of ether oxygens (including phenoxy) is 4. The van der Waals surface area contributed by atoms with E-state index in [1.807, 2.05) is 13.8 Å². The first-order valence-electron chi connectivity index (χ1n) is 16.0. The summed E-state index contributed by atoms with van der Waals surface area (Å²) in [4.78, 5) is 16.9. The number of urea groups is 1. The number of carbonyl (C=O) groups excluding carboxylic acids is 1. The van der Waals surface area contributed by atoms with E-state index in [-0.39, 0.29) is 44.0 Å². The Kier molecular flexibility index (Phi) is 11.0. The number of aromatic nitrogens is 2. The van der Waals surface area contributed by atoms with E-state index >= 15 is 8.78 Å². The van der Waals surface area contributed by atoms with Crippen molar-refractivity contribution < 1.29 is 41.3 Å². The first-order valence-corrected chi connectivity index (χ1v) is 19.7. The van der Waals surface area contributed by atoms with E-state index in [1.54, 1.807) is 29.0 Å². The van der Waals surface area contributed by atoms with Gasteiger partial charge in [-0.1, -0.05) is 25.7 Å². The summed E-state index contributed by atoms with van der Waals surface area (Å²) >= 11 is 0. The van der Waals surface area contributed by atoms with Crippen LogP contribution in [0.3, 0.4) is 0 Å². The number of benzene rings is 2. The molecular weight excluding hydrogens is 674 g/mol. The maximum absolute atomic E-state index is 15.4. The smallest absolute Gasteiger partial charge is 0.319 e. The van der Waals surface area contributed by atoms with Crippen molar-refractivity contribution in [2.75, 3.05) is 31.7 Å². The lowest BCUT2D eigenvalue weighted by molar-refractivity contribution is -0.181. The number of alkyl halides is 2. The first kappa shape index (κ1) is 36.6. The highest BCUT2D eigenvalue weighted by Crippen LogP contribution is 2.41. The molecule has 4 aromatic rings. The minimum atomic E-state index is -2.71. The van der Waals surface area contributed by atoms with Gasteiger partial charge in [-0.25, -0.2) is 27.3 Å². The van der Waals surface area contributed by atoms with Crippen molar-refractivity contribution in [3.8, 4) is 34.4 Å². The van der Waals surface area contributed by atoms with Crippen LogP contribution in [-0.2, 0) is 16.2 Å². The zero-order chi connectivity index (χ0) is 36.2. The summed E-state index contributed by atoms with van der Waals surface area (Å²) in [5.74, 6) is -2.51. The average molecular weight is 714 g/mol. The summed E-state index contributed by atoms with van der Waals surface area (Å²) in [6.45, 7) is 10.3. The number of fused-ring (bicyclic) bond motifs is 1. The molecule has 0 bridgehead atoms. The van der Waals surface area contributed by atoms with Gasteiger partial charge < -0.3 is 34.1 Å². The van der Waals surface area contributed by atoms with Crippen LogP contribution in [0.25, 0.3) is 22.2 Å². The molecule has 5 rings (SSSR count). The summed E-state index contributed by atoms with van der Waals surface area (Å²) < 4.78 is 81.9. The Bertz CT molecular complexity index is 1880. The minimum Gasteiger partial charge on any atom is -0.490 e. The van der Waals surface area contributed by atoms with Gasteiger partial charge in [0.2, 0.25) is 6.43 Å². The number of amides is 2. The lowest BCUT2D eigenvalue weighted by Gasteiger charge is -2.40. The second-order valence-electron chi connectivity index (χ2n) is 13.7. The molecule has 266 valence electrons. The Hall–Kier alpha value is -4.65. The standard InChI is InChI=1S/C35H39F4N5O5Si/c1-21(2)48-28-7-6-22(12-23(28)15-40)25-16-44(20-46-10-11-50(3,4)5)32-30(25)29(8-9-41-32)49-31-26(36)13-24(14-27(31)37)43-34(45)42-17-35(33(38)39)18-47-19-35/h6-9,12-14,16,21,33H,10-11,17-20H2,1-5H3,(H2,42,43,45).